The summed E-state index contributed by atoms with van der Waals surface area (Å²) in [6, 6.07) is 21.5. The highest BCUT2D eigenvalue weighted by Crippen LogP contribution is 2.47. The molecule has 7 heteroatoms. The number of hydrogen-bond acceptors (Lipinski definition) is 5. The number of halogens is 2. The van der Waals surface area contributed by atoms with E-state index in [9.17, 15) is 10.1 Å². The summed E-state index contributed by atoms with van der Waals surface area (Å²) in [6.45, 7) is 4.43. The van der Waals surface area contributed by atoms with Gasteiger partial charge >= 0.3 is 0 Å². The molecule has 192 valence electrons. The highest BCUT2D eigenvalue weighted by Gasteiger charge is 2.41. The Morgan fingerprint density at radius 1 is 1.08 bits per heavy atom. The first-order chi connectivity index (χ1) is 18.3. The predicted octanol–water partition coefficient (Wildman–Crippen LogP) is 7.60. The van der Waals surface area contributed by atoms with Crippen molar-refractivity contribution in [2.24, 2.45) is 5.73 Å². The van der Waals surface area contributed by atoms with E-state index in [1.165, 1.54) is 0 Å². The lowest BCUT2D eigenvalue weighted by Gasteiger charge is -2.40. The van der Waals surface area contributed by atoms with Gasteiger partial charge in [-0.25, -0.2) is 0 Å². The quantitative estimate of drug-likeness (QED) is 0.332. The Morgan fingerprint density at radius 2 is 1.79 bits per heavy atom. The van der Waals surface area contributed by atoms with E-state index in [-0.39, 0.29) is 5.78 Å². The van der Waals surface area contributed by atoms with E-state index in [1.807, 2.05) is 55.1 Å². The van der Waals surface area contributed by atoms with Gasteiger partial charge in [0.1, 0.15) is 18.2 Å². The number of aryl methyl sites for hydroxylation is 2. The van der Waals surface area contributed by atoms with E-state index in [4.69, 9.17) is 22.1 Å². The molecule has 5 rings (SSSR count). The minimum absolute atomic E-state index is 0.0584. The van der Waals surface area contributed by atoms with Crippen molar-refractivity contribution in [2.45, 2.75) is 45.6 Å². The van der Waals surface area contributed by atoms with Gasteiger partial charge in [0.05, 0.1) is 17.6 Å². The van der Waals surface area contributed by atoms with Crippen molar-refractivity contribution < 1.29 is 9.53 Å². The van der Waals surface area contributed by atoms with Crippen LogP contribution in [0.2, 0.25) is 5.02 Å². The van der Waals surface area contributed by atoms with Crippen molar-refractivity contribution in [1.82, 2.24) is 0 Å². The minimum Gasteiger partial charge on any atom is -0.489 e. The molecule has 0 saturated heterocycles. The molecule has 5 nitrogen and oxygen atoms in total. The second-order valence-corrected chi connectivity index (χ2v) is 11.0. The Kier molecular flexibility index (Phi) is 7.34. The third-order valence-electron chi connectivity index (χ3n) is 7.24. The van der Waals surface area contributed by atoms with E-state index >= 15 is 0 Å². The Balaban J connectivity index is 1.61. The molecule has 2 aliphatic rings. The highest BCUT2D eigenvalue weighted by atomic mass is 79.9. The zero-order valence-electron chi connectivity index (χ0n) is 21.2. The number of carbonyl (C=O) groups excluding carboxylic acids is 1. The fourth-order valence-corrected chi connectivity index (χ4v) is 5.75. The molecule has 0 amide bonds. The molecule has 1 heterocycles. The van der Waals surface area contributed by atoms with Crippen LogP contribution in [0.4, 0.5) is 5.69 Å². The predicted molar refractivity (Wildman–Crippen MR) is 154 cm³/mol. The zero-order chi connectivity index (χ0) is 27.0. The first-order valence-corrected chi connectivity index (χ1v) is 13.7. The monoisotopic (exact) mass is 587 g/mol. The van der Waals surface area contributed by atoms with Gasteiger partial charge in [0.15, 0.2) is 5.78 Å². The largest absolute Gasteiger partial charge is 0.489 e. The normalized spacial score (nSPS) is 17.4. The molecule has 1 aliphatic carbocycles. The maximum absolute atomic E-state index is 13.5. The summed E-state index contributed by atoms with van der Waals surface area (Å²) in [7, 11) is 0. The van der Waals surface area contributed by atoms with Crippen molar-refractivity contribution in [2.75, 3.05) is 4.90 Å². The zero-order valence-corrected chi connectivity index (χ0v) is 23.6. The molecule has 0 aromatic heterocycles. The summed E-state index contributed by atoms with van der Waals surface area (Å²) < 4.78 is 7.06. The summed E-state index contributed by atoms with van der Waals surface area (Å²) in [6.07, 6.45) is 1.89. The van der Waals surface area contributed by atoms with Crippen LogP contribution in [0.25, 0.3) is 0 Å². The Labute approximate surface area is 236 Å². The van der Waals surface area contributed by atoms with Crippen LogP contribution < -0.4 is 15.4 Å². The maximum Gasteiger partial charge on any atom is 0.161 e. The molecule has 3 aromatic rings. The molecule has 3 aromatic carbocycles. The molecular weight excluding hydrogens is 562 g/mol. The first kappa shape index (κ1) is 26.1. The molecule has 2 N–H and O–H groups in total. The van der Waals surface area contributed by atoms with Crippen molar-refractivity contribution in [3.63, 3.8) is 0 Å². The summed E-state index contributed by atoms with van der Waals surface area (Å²) in [4.78, 5) is 15.4. The molecule has 0 spiro atoms. The first-order valence-electron chi connectivity index (χ1n) is 12.5. The lowest BCUT2D eigenvalue weighted by atomic mass is 9.74. The second-order valence-electron chi connectivity index (χ2n) is 9.67. The molecular formula is C31H27BrClN3O2. The van der Waals surface area contributed by atoms with Gasteiger partial charge in [0.2, 0.25) is 0 Å². The van der Waals surface area contributed by atoms with Gasteiger partial charge in [-0.1, -0.05) is 39.7 Å². The van der Waals surface area contributed by atoms with Gasteiger partial charge in [-0.2, -0.15) is 5.26 Å². The molecule has 0 fully saturated rings. The van der Waals surface area contributed by atoms with Crippen LogP contribution in [0.1, 0.15) is 47.4 Å². The van der Waals surface area contributed by atoms with Crippen LogP contribution >= 0.6 is 27.5 Å². The Hall–Kier alpha value is -3.53. The van der Waals surface area contributed by atoms with Crippen molar-refractivity contribution in [3.05, 3.63) is 115 Å². The topological polar surface area (TPSA) is 79.4 Å². The van der Waals surface area contributed by atoms with E-state index in [1.54, 1.807) is 12.1 Å². The smallest absolute Gasteiger partial charge is 0.161 e. The number of hydrogen-bond donors (Lipinski definition) is 1. The number of nitriles is 1. The third kappa shape index (κ3) is 4.84. The number of Topliss-reactive ketones (excluding diaryl/α,β-unsaturated/α-hetero) is 1. The fourth-order valence-electron chi connectivity index (χ4n) is 5.36. The Bertz CT molecular complexity index is 1520. The van der Waals surface area contributed by atoms with Crippen molar-refractivity contribution >= 4 is 39.0 Å². The molecule has 0 bridgehead atoms. The van der Waals surface area contributed by atoms with Crippen LogP contribution in [-0.2, 0) is 11.4 Å². The standard InChI is InChI=1S/C31H27BrClN3O2/c1-18-14-19(2)25(15-20(18)17-38-24-12-6-21(32)7-13-24)29-26(16-34)31(35)36(23-10-8-22(33)9-11-23)27-4-3-5-28(37)30(27)29/h6-15,29H,3-5,17,35H2,1-2H3. The van der Waals surface area contributed by atoms with Crippen molar-refractivity contribution in [3.8, 4) is 11.8 Å². The molecule has 0 radical (unpaired) electrons. The number of carbonyl (C=O) groups is 1. The average Bonchev–Trinajstić information content (AvgIpc) is 2.90. The molecule has 0 saturated carbocycles. The molecule has 38 heavy (non-hydrogen) atoms. The summed E-state index contributed by atoms with van der Waals surface area (Å²) in [5.74, 6) is 0.641. The fraction of sp³-hybridized carbons (Fsp3) is 0.226. The van der Waals surface area contributed by atoms with E-state index in [2.05, 4.69) is 34.1 Å². The van der Waals surface area contributed by atoms with Gasteiger partial charge < -0.3 is 10.5 Å². The van der Waals surface area contributed by atoms with Gasteiger partial charge in [-0.05, 0) is 97.5 Å². The van der Waals surface area contributed by atoms with Crippen LogP contribution in [0, 0.1) is 25.2 Å². The van der Waals surface area contributed by atoms with Crippen LogP contribution in [-0.4, -0.2) is 5.78 Å². The van der Waals surface area contributed by atoms with E-state index in [0.29, 0.717) is 41.4 Å². The number of ether oxygens (including phenoxy) is 1. The number of rotatable bonds is 5. The van der Waals surface area contributed by atoms with Crippen LogP contribution in [0.3, 0.4) is 0 Å². The van der Waals surface area contributed by atoms with E-state index < -0.39 is 5.92 Å². The summed E-state index contributed by atoms with van der Waals surface area (Å²) in [5, 5.41) is 11.0. The molecule has 1 atom stereocenters. The molecule has 1 unspecified atom stereocenters. The Morgan fingerprint density at radius 3 is 2.47 bits per heavy atom. The number of nitrogens with two attached hydrogens (primary N) is 1. The maximum atomic E-state index is 13.5. The number of benzene rings is 3. The van der Waals surface area contributed by atoms with Gasteiger partial charge in [0, 0.05) is 32.9 Å². The summed E-state index contributed by atoms with van der Waals surface area (Å²) >= 11 is 9.58. The second kappa shape index (κ2) is 10.7. The van der Waals surface area contributed by atoms with Gasteiger partial charge in [-0.3, -0.25) is 9.69 Å². The number of allylic oxidation sites excluding steroid dienone is 3. The number of ketones is 1. The number of nitrogens with zero attached hydrogens (tertiary/aromatic N) is 2. The van der Waals surface area contributed by atoms with Crippen molar-refractivity contribution in [1.29, 1.82) is 5.26 Å². The van der Waals surface area contributed by atoms with E-state index in [0.717, 1.165) is 50.3 Å². The lowest BCUT2D eigenvalue weighted by Crippen LogP contribution is -2.38. The van der Waals surface area contributed by atoms with Gasteiger partial charge in [0.25, 0.3) is 0 Å². The highest BCUT2D eigenvalue weighted by molar-refractivity contribution is 9.10. The number of anilines is 1. The lowest BCUT2D eigenvalue weighted by molar-refractivity contribution is -0.116. The summed E-state index contributed by atoms with van der Waals surface area (Å²) in [5.41, 5.74) is 13.4. The van der Waals surface area contributed by atoms with Crippen LogP contribution in [0.15, 0.2) is 87.8 Å². The molecule has 1 aliphatic heterocycles. The minimum atomic E-state index is -0.529. The third-order valence-corrected chi connectivity index (χ3v) is 8.02. The van der Waals surface area contributed by atoms with Gasteiger partial charge in [-0.15, -0.1) is 0 Å². The SMILES string of the molecule is Cc1cc(C)c(C2C(C#N)=C(N)N(c3ccc(Cl)cc3)C3=C2C(=O)CCC3)cc1COc1ccc(Br)cc1. The van der Waals surface area contributed by atoms with Crippen LogP contribution in [0.5, 0.6) is 5.75 Å². The average molecular weight is 589 g/mol.